The molecule has 2 nitrogen and oxygen atoms in total. The third-order valence-electron chi connectivity index (χ3n) is 3.55. The molecule has 0 N–H and O–H groups in total. The summed E-state index contributed by atoms with van der Waals surface area (Å²) in [6.07, 6.45) is 5.47. The number of carbonyl (C=O) groups excluding carboxylic acids is 1. The summed E-state index contributed by atoms with van der Waals surface area (Å²) < 4.78 is 5.14. The molecular formula is C14H18O2. The van der Waals surface area contributed by atoms with Crippen molar-refractivity contribution in [1.82, 2.24) is 0 Å². The topological polar surface area (TPSA) is 26.3 Å². The van der Waals surface area contributed by atoms with Gasteiger partial charge in [0.1, 0.15) is 12.0 Å². The Morgan fingerprint density at radius 1 is 1.12 bits per heavy atom. The van der Waals surface area contributed by atoms with Gasteiger partial charge in [-0.3, -0.25) is 0 Å². The molecule has 0 atom stereocenters. The molecule has 86 valence electrons. The van der Waals surface area contributed by atoms with Crippen molar-refractivity contribution in [2.24, 2.45) is 5.92 Å². The van der Waals surface area contributed by atoms with Crippen molar-refractivity contribution in [2.45, 2.75) is 31.6 Å². The van der Waals surface area contributed by atoms with E-state index in [1.54, 1.807) is 7.11 Å². The van der Waals surface area contributed by atoms with Gasteiger partial charge in [0, 0.05) is 5.92 Å². The van der Waals surface area contributed by atoms with Crippen LogP contribution in [0.1, 0.15) is 37.2 Å². The molecule has 0 aromatic heterocycles. The molecule has 0 radical (unpaired) electrons. The normalized spacial score (nSPS) is 25.1. The third-order valence-corrected chi connectivity index (χ3v) is 3.55. The van der Waals surface area contributed by atoms with E-state index < -0.39 is 0 Å². The van der Waals surface area contributed by atoms with E-state index in [2.05, 4.69) is 12.1 Å². The molecule has 1 aromatic rings. The molecule has 0 unspecified atom stereocenters. The summed E-state index contributed by atoms with van der Waals surface area (Å²) in [7, 11) is 1.68. The van der Waals surface area contributed by atoms with Gasteiger partial charge in [-0.25, -0.2) is 0 Å². The SMILES string of the molecule is COc1ccc([C@H]2CC[C@H](C=O)CC2)cc1. The number of ether oxygens (including phenoxy) is 1. The minimum atomic E-state index is 0.300. The molecule has 16 heavy (non-hydrogen) atoms. The molecule has 1 aliphatic rings. The molecule has 0 bridgehead atoms. The second kappa shape index (κ2) is 5.15. The van der Waals surface area contributed by atoms with E-state index in [0.29, 0.717) is 11.8 Å². The Hall–Kier alpha value is -1.31. The van der Waals surface area contributed by atoms with Crippen molar-refractivity contribution >= 4 is 6.29 Å². The molecule has 0 amide bonds. The Balaban J connectivity index is 1.99. The van der Waals surface area contributed by atoms with Crippen molar-refractivity contribution in [3.63, 3.8) is 0 Å². The van der Waals surface area contributed by atoms with Gasteiger partial charge >= 0.3 is 0 Å². The summed E-state index contributed by atoms with van der Waals surface area (Å²) in [5.41, 5.74) is 1.38. The summed E-state index contributed by atoms with van der Waals surface area (Å²) >= 11 is 0. The lowest BCUT2D eigenvalue weighted by Crippen LogP contribution is -2.14. The first kappa shape index (κ1) is 11.2. The zero-order chi connectivity index (χ0) is 11.4. The summed E-state index contributed by atoms with van der Waals surface area (Å²) in [5.74, 6) is 1.84. The van der Waals surface area contributed by atoms with Gasteiger partial charge < -0.3 is 9.53 Å². The standard InChI is InChI=1S/C14H18O2/c1-16-14-8-6-13(7-9-14)12-4-2-11(10-15)3-5-12/h6-12H,2-5H2,1H3/t11-,12-. The molecular weight excluding hydrogens is 200 g/mol. The number of benzene rings is 1. The number of carbonyl (C=O) groups is 1. The van der Waals surface area contributed by atoms with E-state index in [9.17, 15) is 4.79 Å². The lowest BCUT2D eigenvalue weighted by atomic mass is 9.79. The highest BCUT2D eigenvalue weighted by atomic mass is 16.5. The second-order valence-electron chi connectivity index (χ2n) is 4.52. The van der Waals surface area contributed by atoms with Crippen molar-refractivity contribution in [1.29, 1.82) is 0 Å². The average Bonchev–Trinajstić information content (AvgIpc) is 2.39. The molecule has 2 rings (SSSR count). The van der Waals surface area contributed by atoms with E-state index in [1.165, 1.54) is 5.56 Å². The van der Waals surface area contributed by atoms with Crippen molar-refractivity contribution in [3.05, 3.63) is 29.8 Å². The fourth-order valence-electron chi connectivity index (χ4n) is 2.46. The number of hydrogen-bond acceptors (Lipinski definition) is 2. The predicted octanol–water partition coefficient (Wildman–Crippen LogP) is 3.17. The van der Waals surface area contributed by atoms with Crippen LogP contribution in [0.5, 0.6) is 5.75 Å². The molecule has 1 aromatic carbocycles. The summed E-state index contributed by atoms with van der Waals surface area (Å²) in [4.78, 5) is 10.7. The van der Waals surface area contributed by atoms with Gasteiger partial charge in [0.25, 0.3) is 0 Å². The largest absolute Gasteiger partial charge is 0.497 e. The molecule has 0 aliphatic heterocycles. The summed E-state index contributed by atoms with van der Waals surface area (Å²) in [6, 6.07) is 8.32. The fraction of sp³-hybridized carbons (Fsp3) is 0.500. The van der Waals surface area contributed by atoms with Gasteiger partial charge in [-0.2, -0.15) is 0 Å². The Bertz CT molecular complexity index is 334. The highest BCUT2D eigenvalue weighted by molar-refractivity contribution is 5.53. The van der Waals surface area contributed by atoms with Gasteiger partial charge in [0.2, 0.25) is 0 Å². The average molecular weight is 218 g/mol. The maximum Gasteiger partial charge on any atom is 0.123 e. The van der Waals surface area contributed by atoms with Crippen molar-refractivity contribution in [2.75, 3.05) is 7.11 Å². The summed E-state index contributed by atoms with van der Waals surface area (Å²) in [6.45, 7) is 0. The molecule has 0 heterocycles. The molecule has 0 spiro atoms. The van der Waals surface area contributed by atoms with Crippen LogP contribution in [0, 0.1) is 5.92 Å². The molecule has 1 fully saturated rings. The van der Waals surface area contributed by atoms with Crippen LogP contribution in [-0.4, -0.2) is 13.4 Å². The maximum atomic E-state index is 10.7. The van der Waals surface area contributed by atoms with Crippen LogP contribution < -0.4 is 4.74 Å². The Kier molecular flexibility index (Phi) is 3.60. The van der Waals surface area contributed by atoms with Crippen molar-refractivity contribution < 1.29 is 9.53 Å². The van der Waals surface area contributed by atoms with E-state index >= 15 is 0 Å². The number of rotatable bonds is 3. The van der Waals surface area contributed by atoms with E-state index in [4.69, 9.17) is 4.74 Å². The van der Waals surface area contributed by atoms with Gasteiger partial charge in [0.15, 0.2) is 0 Å². The Morgan fingerprint density at radius 2 is 1.75 bits per heavy atom. The minimum Gasteiger partial charge on any atom is -0.497 e. The van der Waals surface area contributed by atoms with Crippen LogP contribution in [0.2, 0.25) is 0 Å². The monoisotopic (exact) mass is 218 g/mol. The van der Waals surface area contributed by atoms with Crippen LogP contribution in [0.25, 0.3) is 0 Å². The maximum absolute atomic E-state index is 10.7. The lowest BCUT2D eigenvalue weighted by Gasteiger charge is -2.25. The smallest absolute Gasteiger partial charge is 0.123 e. The van der Waals surface area contributed by atoms with Crippen LogP contribution >= 0.6 is 0 Å². The summed E-state index contributed by atoms with van der Waals surface area (Å²) in [5, 5.41) is 0. The predicted molar refractivity (Wildman–Crippen MR) is 63.8 cm³/mol. The van der Waals surface area contributed by atoms with Crippen LogP contribution in [0.15, 0.2) is 24.3 Å². The van der Waals surface area contributed by atoms with Crippen molar-refractivity contribution in [3.8, 4) is 5.75 Å². The number of methoxy groups -OCH3 is 1. The second-order valence-corrected chi connectivity index (χ2v) is 4.52. The highest BCUT2D eigenvalue weighted by Gasteiger charge is 2.21. The number of hydrogen-bond donors (Lipinski definition) is 0. The van der Waals surface area contributed by atoms with Crippen LogP contribution in [0.4, 0.5) is 0 Å². The van der Waals surface area contributed by atoms with E-state index in [1.807, 2.05) is 12.1 Å². The van der Waals surface area contributed by atoms with Crippen LogP contribution in [0.3, 0.4) is 0 Å². The van der Waals surface area contributed by atoms with Gasteiger partial charge in [-0.15, -0.1) is 0 Å². The lowest BCUT2D eigenvalue weighted by molar-refractivity contribution is -0.111. The first-order chi connectivity index (χ1) is 7.83. The zero-order valence-electron chi connectivity index (χ0n) is 9.69. The Labute approximate surface area is 96.6 Å². The minimum absolute atomic E-state index is 0.300. The van der Waals surface area contributed by atoms with Gasteiger partial charge in [0.05, 0.1) is 7.11 Å². The quantitative estimate of drug-likeness (QED) is 0.728. The molecule has 0 saturated heterocycles. The van der Waals surface area contributed by atoms with Gasteiger partial charge in [-0.1, -0.05) is 12.1 Å². The molecule has 2 heteroatoms. The fourth-order valence-corrected chi connectivity index (χ4v) is 2.46. The third kappa shape index (κ3) is 2.43. The Morgan fingerprint density at radius 3 is 2.25 bits per heavy atom. The first-order valence-corrected chi connectivity index (χ1v) is 5.92. The molecule has 1 saturated carbocycles. The molecule has 1 aliphatic carbocycles. The van der Waals surface area contributed by atoms with Crippen LogP contribution in [-0.2, 0) is 4.79 Å². The highest BCUT2D eigenvalue weighted by Crippen LogP contribution is 2.35. The number of aldehydes is 1. The van der Waals surface area contributed by atoms with E-state index in [0.717, 1.165) is 37.7 Å². The van der Waals surface area contributed by atoms with E-state index in [-0.39, 0.29) is 0 Å². The van der Waals surface area contributed by atoms with Gasteiger partial charge in [-0.05, 0) is 49.3 Å². The first-order valence-electron chi connectivity index (χ1n) is 5.92. The zero-order valence-corrected chi connectivity index (χ0v) is 9.69.